The minimum atomic E-state index is 0.0556. The molecule has 2 heteroatoms. The molecule has 0 saturated carbocycles. The van der Waals surface area contributed by atoms with E-state index in [1.165, 1.54) is 12.8 Å². The van der Waals surface area contributed by atoms with E-state index in [0.717, 1.165) is 32.5 Å². The molecule has 0 spiro atoms. The van der Waals surface area contributed by atoms with Crippen molar-refractivity contribution < 1.29 is 4.74 Å². The third kappa shape index (κ3) is 2.68. The van der Waals surface area contributed by atoms with Crippen LogP contribution in [0.5, 0.6) is 0 Å². The van der Waals surface area contributed by atoms with Crippen LogP contribution in [-0.4, -0.2) is 18.8 Å². The molecular formula is C11H23NO. The van der Waals surface area contributed by atoms with Crippen LogP contribution in [0.15, 0.2) is 0 Å². The second kappa shape index (κ2) is 4.97. The van der Waals surface area contributed by atoms with E-state index >= 15 is 0 Å². The summed E-state index contributed by atoms with van der Waals surface area (Å²) < 4.78 is 5.45. The van der Waals surface area contributed by atoms with E-state index in [-0.39, 0.29) is 5.54 Å². The zero-order valence-electron chi connectivity index (χ0n) is 9.01. The average molecular weight is 185 g/mol. The Morgan fingerprint density at radius 3 is 2.54 bits per heavy atom. The van der Waals surface area contributed by atoms with Gasteiger partial charge < -0.3 is 10.5 Å². The highest BCUT2D eigenvalue weighted by Crippen LogP contribution is 2.31. The monoisotopic (exact) mass is 185 g/mol. The third-order valence-corrected chi connectivity index (χ3v) is 3.44. The largest absolute Gasteiger partial charge is 0.381 e. The first-order valence-electron chi connectivity index (χ1n) is 5.59. The normalized spacial score (nSPS) is 30.5. The lowest BCUT2D eigenvalue weighted by Crippen LogP contribution is -2.47. The molecule has 1 aliphatic rings. The van der Waals surface area contributed by atoms with Crippen LogP contribution in [0.4, 0.5) is 0 Å². The van der Waals surface area contributed by atoms with Crippen molar-refractivity contribution >= 4 is 0 Å². The Morgan fingerprint density at radius 1 is 1.23 bits per heavy atom. The Hall–Kier alpha value is -0.0800. The standard InChI is InChI=1S/C11H23NO/c1-3-10(4-2)11(12)6-5-8-13-9-7-11/h10H,3-9,12H2,1-2H3. The van der Waals surface area contributed by atoms with Gasteiger partial charge in [0.25, 0.3) is 0 Å². The van der Waals surface area contributed by atoms with E-state index in [4.69, 9.17) is 10.5 Å². The Bertz CT molecular complexity index is 135. The van der Waals surface area contributed by atoms with Crippen LogP contribution in [-0.2, 0) is 4.74 Å². The van der Waals surface area contributed by atoms with Gasteiger partial charge in [0.15, 0.2) is 0 Å². The third-order valence-electron chi connectivity index (χ3n) is 3.44. The number of hydrogen-bond donors (Lipinski definition) is 1. The van der Waals surface area contributed by atoms with Gasteiger partial charge in [-0.3, -0.25) is 0 Å². The van der Waals surface area contributed by atoms with E-state index in [2.05, 4.69) is 13.8 Å². The second-order valence-corrected chi connectivity index (χ2v) is 4.21. The summed E-state index contributed by atoms with van der Waals surface area (Å²) in [6.45, 7) is 6.25. The molecule has 1 saturated heterocycles. The molecule has 2 N–H and O–H groups in total. The van der Waals surface area contributed by atoms with Crippen molar-refractivity contribution in [1.82, 2.24) is 0 Å². The predicted octanol–water partition coefficient (Wildman–Crippen LogP) is 2.32. The van der Waals surface area contributed by atoms with Crippen molar-refractivity contribution in [3.8, 4) is 0 Å². The molecule has 1 unspecified atom stereocenters. The lowest BCUT2D eigenvalue weighted by molar-refractivity contribution is 0.132. The Kier molecular flexibility index (Phi) is 4.20. The summed E-state index contributed by atoms with van der Waals surface area (Å²) in [4.78, 5) is 0. The molecule has 1 aliphatic heterocycles. The van der Waals surface area contributed by atoms with Crippen LogP contribution in [0.1, 0.15) is 46.0 Å². The fourth-order valence-electron chi connectivity index (χ4n) is 2.50. The molecule has 2 nitrogen and oxygen atoms in total. The van der Waals surface area contributed by atoms with Crippen LogP contribution >= 0.6 is 0 Å². The van der Waals surface area contributed by atoms with Gasteiger partial charge in [0.1, 0.15) is 0 Å². The first-order chi connectivity index (χ1) is 6.23. The first-order valence-corrected chi connectivity index (χ1v) is 5.59. The van der Waals surface area contributed by atoms with Gasteiger partial charge in [0.2, 0.25) is 0 Å². The molecule has 1 fully saturated rings. The van der Waals surface area contributed by atoms with Gasteiger partial charge in [-0.05, 0) is 25.2 Å². The van der Waals surface area contributed by atoms with Gasteiger partial charge in [-0.25, -0.2) is 0 Å². The van der Waals surface area contributed by atoms with Gasteiger partial charge in [-0.15, -0.1) is 0 Å². The molecule has 78 valence electrons. The van der Waals surface area contributed by atoms with Crippen LogP contribution < -0.4 is 5.73 Å². The van der Waals surface area contributed by atoms with E-state index in [9.17, 15) is 0 Å². The molecule has 1 rings (SSSR count). The molecule has 0 bridgehead atoms. The van der Waals surface area contributed by atoms with E-state index in [1.807, 2.05) is 0 Å². The molecule has 0 amide bonds. The molecule has 13 heavy (non-hydrogen) atoms. The first kappa shape index (κ1) is 11.0. The quantitative estimate of drug-likeness (QED) is 0.732. The van der Waals surface area contributed by atoms with E-state index < -0.39 is 0 Å². The second-order valence-electron chi connectivity index (χ2n) is 4.21. The lowest BCUT2D eigenvalue weighted by atomic mass is 9.76. The Morgan fingerprint density at radius 2 is 1.92 bits per heavy atom. The summed E-state index contributed by atoms with van der Waals surface area (Å²) >= 11 is 0. The number of hydrogen-bond acceptors (Lipinski definition) is 2. The van der Waals surface area contributed by atoms with Crippen LogP contribution in [0.2, 0.25) is 0 Å². The predicted molar refractivity (Wildman–Crippen MR) is 55.7 cm³/mol. The van der Waals surface area contributed by atoms with Crippen molar-refractivity contribution in [3.63, 3.8) is 0 Å². The minimum absolute atomic E-state index is 0.0556. The highest BCUT2D eigenvalue weighted by Gasteiger charge is 2.32. The zero-order chi connectivity index (χ0) is 9.73. The van der Waals surface area contributed by atoms with Gasteiger partial charge >= 0.3 is 0 Å². The summed E-state index contributed by atoms with van der Waals surface area (Å²) in [5.74, 6) is 0.675. The SMILES string of the molecule is CCC(CC)C1(N)CCCOCC1. The molecule has 1 atom stereocenters. The maximum absolute atomic E-state index is 6.44. The highest BCUT2D eigenvalue weighted by molar-refractivity contribution is 4.91. The molecule has 0 aromatic rings. The molecule has 0 aromatic carbocycles. The van der Waals surface area contributed by atoms with E-state index in [0.29, 0.717) is 5.92 Å². The smallest absolute Gasteiger partial charge is 0.0483 e. The molecule has 0 aromatic heterocycles. The molecular weight excluding hydrogens is 162 g/mol. The van der Waals surface area contributed by atoms with Gasteiger partial charge in [0.05, 0.1) is 0 Å². The van der Waals surface area contributed by atoms with Gasteiger partial charge in [-0.2, -0.15) is 0 Å². The Labute approximate surface area is 81.8 Å². The van der Waals surface area contributed by atoms with Crippen LogP contribution in [0, 0.1) is 5.92 Å². The Balaban J connectivity index is 2.58. The van der Waals surface area contributed by atoms with Gasteiger partial charge in [0, 0.05) is 18.8 Å². The van der Waals surface area contributed by atoms with Crippen molar-refractivity contribution in [2.45, 2.75) is 51.5 Å². The highest BCUT2D eigenvalue weighted by atomic mass is 16.5. The maximum atomic E-state index is 6.44. The summed E-state index contributed by atoms with van der Waals surface area (Å²) in [5, 5.41) is 0. The summed E-state index contributed by atoms with van der Waals surface area (Å²) in [6.07, 6.45) is 5.71. The lowest BCUT2D eigenvalue weighted by Gasteiger charge is -2.35. The number of rotatable bonds is 3. The zero-order valence-corrected chi connectivity index (χ0v) is 9.01. The van der Waals surface area contributed by atoms with E-state index in [1.54, 1.807) is 0 Å². The molecule has 0 radical (unpaired) electrons. The van der Waals surface area contributed by atoms with Crippen molar-refractivity contribution in [3.05, 3.63) is 0 Å². The van der Waals surface area contributed by atoms with Crippen LogP contribution in [0.3, 0.4) is 0 Å². The van der Waals surface area contributed by atoms with Crippen molar-refractivity contribution in [1.29, 1.82) is 0 Å². The molecule has 0 aliphatic carbocycles. The van der Waals surface area contributed by atoms with Gasteiger partial charge in [-0.1, -0.05) is 26.7 Å². The summed E-state index contributed by atoms with van der Waals surface area (Å²) in [7, 11) is 0. The van der Waals surface area contributed by atoms with Crippen molar-refractivity contribution in [2.24, 2.45) is 11.7 Å². The fourth-order valence-corrected chi connectivity index (χ4v) is 2.50. The average Bonchev–Trinajstić information content (AvgIpc) is 2.33. The topological polar surface area (TPSA) is 35.2 Å². The fraction of sp³-hybridized carbons (Fsp3) is 1.00. The number of ether oxygens (including phenoxy) is 1. The summed E-state index contributed by atoms with van der Waals surface area (Å²) in [5.41, 5.74) is 6.50. The van der Waals surface area contributed by atoms with Crippen LogP contribution in [0.25, 0.3) is 0 Å². The van der Waals surface area contributed by atoms with Crippen molar-refractivity contribution in [2.75, 3.05) is 13.2 Å². The minimum Gasteiger partial charge on any atom is -0.381 e. The summed E-state index contributed by atoms with van der Waals surface area (Å²) in [6, 6.07) is 0. The number of nitrogens with two attached hydrogens (primary N) is 1. The maximum Gasteiger partial charge on any atom is 0.0483 e. The molecule has 1 heterocycles.